The van der Waals surface area contributed by atoms with Gasteiger partial charge in [0.15, 0.2) is 0 Å². The van der Waals surface area contributed by atoms with Crippen molar-refractivity contribution < 1.29 is 14.4 Å². The van der Waals surface area contributed by atoms with Crippen LogP contribution in [0.5, 0.6) is 0 Å². The van der Waals surface area contributed by atoms with Crippen molar-refractivity contribution in [1.82, 2.24) is 16.0 Å². The van der Waals surface area contributed by atoms with Gasteiger partial charge in [-0.1, -0.05) is 13.8 Å². The minimum atomic E-state index is -0.367. The Labute approximate surface area is 95.2 Å². The lowest BCUT2D eigenvalue weighted by molar-refractivity contribution is -0.127. The second kappa shape index (κ2) is 8.70. The summed E-state index contributed by atoms with van der Waals surface area (Å²) < 4.78 is 0. The lowest BCUT2D eigenvalue weighted by atomic mass is 10.4. The highest BCUT2D eigenvalue weighted by atomic mass is 16.2. The van der Waals surface area contributed by atoms with Crippen molar-refractivity contribution in [1.29, 1.82) is 0 Å². The Balaban J connectivity index is 3.57. The summed E-state index contributed by atoms with van der Waals surface area (Å²) in [7, 11) is 0. The van der Waals surface area contributed by atoms with E-state index in [4.69, 9.17) is 0 Å². The van der Waals surface area contributed by atoms with Gasteiger partial charge in [0.05, 0.1) is 13.1 Å². The van der Waals surface area contributed by atoms with E-state index in [9.17, 15) is 14.4 Å². The number of carbonyl (C=O) groups excluding carboxylic acids is 3. The van der Waals surface area contributed by atoms with Crippen LogP contribution in [0.15, 0.2) is 0 Å². The Morgan fingerprint density at radius 2 is 1.31 bits per heavy atom. The van der Waals surface area contributed by atoms with E-state index in [-0.39, 0.29) is 30.8 Å². The Morgan fingerprint density at radius 3 is 1.81 bits per heavy atom. The van der Waals surface area contributed by atoms with Gasteiger partial charge < -0.3 is 16.0 Å². The summed E-state index contributed by atoms with van der Waals surface area (Å²) in [6.07, 6.45) is 1.19. The van der Waals surface area contributed by atoms with E-state index in [1.54, 1.807) is 6.92 Å². The molecule has 0 aliphatic carbocycles. The Bertz CT molecular complexity index is 254. The number of rotatable bonds is 7. The highest BCUT2D eigenvalue weighted by molar-refractivity contribution is 5.88. The molecular weight excluding hydrogens is 210 g/mol. The van der Waals surface area contributed by atoms with Crippen LogP contribution in [0.25, 0.3) is 0 Å². The third-order valence-electron chi connectivity index (χ3n) is 1.79. The van der Waals surface area contributed by atoms with Crippen LogP contribution >= 0.6 is 0 Å². The molecule has 0 aromatic carbocycles. The van der Waals surface area contributed by atoms with Crippen LogP contribution in [-0.4, -0.2) is 37.4 Å². The van der Waals surface area contributed by atoms with Gasteiger partial charge in [-0.05, 0) is 6.42 Å². The average Bonchev–Trinajstić information content (AvgIpc) is 2.30. The zero-order valence-electron chi connectivity index (χ0n) is 9.76. The van der Waals surface area contributed by atoms with Crippen molar-refractivity contribution in [2.24, 2.45) is 0 Å². The Hall–Kier alpha value is -1.59. The fourth-order valence-electron chi connectivity index (χ4n) is 0.872. The number of hydrogen-bond acceptors (Lipinski definition) is 3. The summed E-state index contributed by atoms with van der Waals surface area (Å²) >= 11 is 0. The third-order valence-corrected chi connectivity index (χ3v) is 1.79. The monoisotopic (exact) mass is 229 g/mol. The smallest absolute Gasteiger partial charge is 0.239 e. The minimum Gasteiger partial charge on any atom is -0.355 e. The molecule has 0 fully saturated rings. The quantitative estimate of drug-likeness (QED) is 0.531. The van der Waals surface area contributed by atoms with Crippen molar-refractivity contribution >= 4 is 17.7 Å². The van der Waals surface area contributed by atoms with Gasteiger partial charge >= 0.3 is 0 Å². The van der Waals surface area contributed by atoms with Crippen LogP contribution in [0.4, 0.5) is 0 Å². The second-order valence-electron chi connectivity index (χ2n) is 3.26. The van der Waals surface area contributed by atoms with Gasteiger partial charge in [-0.2, -0.15) is 0 Å². The maximum atomic E-state index is 11.1. The van der Waals surface area contributed by atoms with Gasteiger partial charge in [0.1, 0.15) is 0 Å². The van der Waals surface area contributed by atoms with Gasteiger partial charge in [-0.15, -0.1) is 0 Å². The van der Waals surface area contributed by atoms with Crippen LogP contribution < -0.4 is 16.0 Å². The molecule has 0 aromatic rings. The lowest BCUT2D eigenvalue weighted by Gasteiger charge is -2.06. The molecule has 0 heterocycles. The second-order valence-corrected chi connectivity index (χ2v) is 3.26. The van der Waals surface area contributed by atoms with Crippen LogP contribution in [0.2, 0.25) is 0 Å². The first-order valence-corrected chi connectivity index (χ1v) is 5.40. The molecule has 6 nitrogen and oxygen atoms in total. The molecule has 0 atom stereocenters. The van der Waals surface area contributed by atoms with Gasteiger partial charge in [-0.25, -0.2) is 0 Å². The van der Waals surface area contributed by atoms with Crippen LogP contribution in [0, 0.1) is 0 Å². The molecular formula is C10H19N3O3. The highest BCUT2D eigenvalue weighted by Gasteiger charge is 2.05. The van der Waals surface area contributed by atoms with Crippen molar-refractivity contribution in [3.05, 3.63) is 0 Å². The Morgan fingerprint density at radius 1 is 0.812 bits per heavy atom. The predicted octanol–water partition coefficient (Wildman–Crippen LogP) is -0.845. The van der Waals surface area contributed by atoms with Crippen molar-refractivity contribution in [2.75, 3.05) is 19.6 Å². The van der Waals surface area contributed by atoms with E-state index < -0.39 is 0 Å². The highest BCUT2D eigenvalue weighted by Crippen LogP contribution is 1.75. The van der Waals surface area contributed by atoms with Gasteiger partial charge in [0.2, 0.25) is 17.7 Å². The Kier molecular flexibility index (Phi) is 7.83. The molecule has 0 aliphatic heterocycles. The maximum absolute atomic E-state index is 11.1. The zero-order chi connectivity index (χ0) is 12.4. The van der Waals surface area contributed by atoms with Gasteiger partial charge in [-0.3, -0.25) is 14.4 Å². The average molecular weight is 229 g/mol. The van der Waals surface area contributed by atoms with E-state index in [1.807, 2.05) is 6.92 Å². The molecule has 0 bridgehead atoms. The summed E-state index contributed by atoms with van der Waals surface area (Å²) in [6.45, 7) is 4.10. The van der Waals surface area contributed by atoms with E-state index in [0.29, 0.717) is 13.0 Å². The maximum Gasteiger partial charge on any atom is 0.239 e. The van der Waals surface area contributed by atoms with Crippen LogP contribution in [0.3, 0.4) is 0 Å². The molecule has 0 saturated heterocycles. The molecule has 0 unspecified atom stereocenters. The molecule has 16 heavy (non-hydrogen) atoms. The minimum absolute atomic E-state index is 0.0547. The van der Waals surface area contributed by atoms with E-state index in [2.05, 4.69) is 16.0 Å². The van der Waals surface area contributed by atoms with E-state index in [0.717, 1.165) is 6.42 Å². The topological polar surface area (TPSA) is 87.3 Å². The number of hydrogen-bond donors (Lipinski definition) is 3. The van der Waals surface area contributed by atoms with Gasteiger partial charge in [0.25, 0.3) is 0 Å². The molecule has 0 rings (SSSR count). The molecule has 0 aromatic heterocycles. The SMILES string of the molecule is CCCNC(=O)CNC(=O)CNC(=O)CC. The first-order chi connectivity index (χ1) is 7.60. The standard InChI is InChI=1S/C10H19N3O3/c1-3-5-11-9(15)6-13-10(16)7-12-8(14)4-2/h3-7H2,1-2H3,(H,11,15)(H,12,14)(H,13,16). The predicted molar refractivity (Wildman–Crippen MR) is 59.6 cm³/mol. The normalized spacial score (nSPS) is 9.38. The molecule has 0 spiro atoms. The molecule has 0 saturated carbocycles. The molecule has 3 amide bonds. The largest absolute Gasteiger partial charge is 0.355 e. The van der Waals surface area contributed by atoms with E-state index in [1.165, 1.54) is 0 Å². The summed E-state index contributed by atoms with van der Waals surface area (Å²) in [5.41, 5.74) is 0. The number of carbonyl (C=O) groups is 3. The summed E-state index contributed by atoms with van der Waals surface area (Å²) in [4.78, 5) is 33.0. The number of amides is 3. The zero-order valence-corrected chi connectivity index (χ0v) is 9.76. The summed E-state index contributed by atoms with van der Waals surface area (Å²) in [6, 6.07) is 0. The first-order valence-electron chi connectivity index (χ1n) is 5.40. The third kappa shape index (κ3) is 7.78. The molecule has 6 heteroatoms. The fraction of sp³-hybridized carbons (Fsp3) is 0.700. The molecule has 0 aliphatic rings. The summed E-state index contributed by atoms with van der Waals surface area (Å²) in [5.74, 6) is -0.781. The molecule has 0 radical (unpaired) electrons. The lowest BCUT2D eigenvalue weighted by Crippen LogP contribution is -2.42. The molecule has 92 valence electrons. The first kappa shape index (κ1) is 14.4. The van der Waals surface area contributed by atoms with Gasteiger partial charge in [0, 0.05) is 13.0 Å². The molecule has 3 N–H and O–H groups in total. The van der Waals surface area contributed by atoms with Crippen LogP contribution in [-0.2, 0) is 14.4 Å². The van der Waals surface area contributed by atoms with Crippen molar-refractivity contribution in [2.45, 2.75) is 26.7 Å². The fourth-order valence-corrected chi connectivity index (χ4v) is 0.872. The van der Waals surface area contributed by atoms with Crippen molar-refractivity contribution in [3.63, 3.8) is 0 Å². The van der Waals surface area contributed by atoms with Crippen LogP contribution in [0.1, 0.15) is 26.7 Å². The van der Waals surface area contributed by atoms with E-state index >= 15 is 0 Å². The number of nitrogens with one attached hydrogen (secondary N) is 3. The summed E-state index contributed by atoms with van der Waals surface area (Å²) in [5, 5.41) is 7.44. The van der Waals surface area contributed by atoms with Crippen molar-refractivity contribution in [3.8, 4) is 0 Å².